The van der Waals surface area contributed by atoms with Crippen LogP contribution in [0.4, 0.5) is 16.5 Å². The third kappa shape index (κ3) is 3.41. The number of thiazole rings is 1. The normalized spacial score (nSPS) is 12.9. The lowest BCUT2D eigenvalue weighted by molar-refractivity contribution is 0.0926. The fourth-order valence-corrected chi connectivity index (χ4v) is 4.37. The fourth-order valence-electron chi connectivity index (χ4n) is 3.63. The first-order valence-electron chi connectivity index (χ1n) is 9.89. The number of imide groups is 1. The van der Waals surface area contributed by atoms with Crippen molar-refractivity contribution in [1.82, 2.24) is 4.98 Å². The van der Waals surface area contributed by atoms with Gasteiger partial charge in [-0.25, -0.2) is 9.88 Å². The molecule has 31 heavy (non-hydrogen) atoms. The predicted octanol–water partition coefficient (Wildman–Crippen LogP) is 5.97. The van der Waals surface area contributed by atoms with E-state index in [1.165, 1.54) is 27.4 Å². The van der Waals surface area contributed by atoms with Gasteiger partial charge in [-0.2, -0.15) is 0 Å². The highest BCUT2D eigenvalue weighted by Gasteiger charge is 2.36. The number of hydrogen-bond acceptors (Lipinski definition) is 5. The summed E-state index contributed by atoms with van der Waals surface area (Å²) < 4.78 is 0. The first kappa shape index (κ1) is 19.2. The standard InChI is InChI=1S/C25H19N3O2S/c1-15-10-11-18(12-16(15)2)26-25-27-22(14-31-25)17-6-5-7-19(13-17)28-23(29)20-8-3-4-9-21(20)24(28)30/h3-14H,1-2H3,(H,26,27). The molecule has 2 heterocycles. The number of aryl methyl sites for hydroxylation is 2. The second-order valence-electron chi connectivity index (χ2n) is 7.50. The van der Waals surface area contributed by atoms with Crippen LogP contribution in [0.3, 0.4) is 0 Å². The van der Waals surface area contributed by atoms with Crippen molar-refractivity contribution in [3.8, 4) is 11.3 Å². The van der Waals surface area contributed by atoms with Crippen molar-refractivity contribution in [2.45, 2.75) is 13.8 Å². The summed E-state index contributed by atoms with van der Waals surface area (Å²) >= 11 is 1.51. The molecule has 5 nitrogen and oxygen atoms in total. The van der Waals surface area contributed by atoms with Crippen LogP contribution in [0, 0.1) is 13.8 Å². The molecule has 1 N–H and O–H groups in total. The van der Waals surface area contributed by atoms with Crippen molar-refractivity contribution in [1.29, 1.82) is 0 Å². The number of amides is 2. The maximum atomic E-state index is 12.8. The van der Waals surface area contributed by atoms with Crippen molar-refractivity contribution in [3.63, 3.8) is 0 Å². The number of hydrogen-bond donors (Lipinski definition) is 1. The van der Waals surface area contributed by atoms with E-state index in [2.05, 4.69) is 31.3 Å². The maximum Gasteiger partial charge on any atom is 0.266 e. The van der Waals surface area contributed by atoms with E-state index in [0.29, 0.717) is 16.8 Å². The number of fused-ring (bicyclic) bond motifs is 1. The first-order valence-corrected chi connectivity index (χ1v) is 10.8. The number of carbonyl (C=O) groups excluding carboxylic acids is 2. The Morgan fingerprint density at radius 3 is 2.29 bits per heavy atom. The van der Waals surface area contributed by atoms with E-state index >= 15 is 0 Å². The fraction of sp³-hybridized carbons (Fsp3) is 0.0800. The highest BCUT2D eigenvalue weighted by Crippen LogP contribution is 2.33. The number of carbonyl (C=O) groups is 2. The number of nitrogens with one attached hydrogen (secondary N) is 1. The molecule has 0 bridgehead atoms. The van der Waals surface area contributed by atoms with Crippen LogP contribution in [-0.4, -0.2) is 16.8 Å². The SMILES string of the molecule is Cc1ccc(Nc2nc(-c3cccc(N4C(=O)c5ccccc5C4=O)c3)cs2)cc1C. The predicted molar refractivity (Wildman–Crippen MR) is 124 cm³/mol. The molecular formula is C25H19N3O2S. The van der Waals surface area contributed by atoms with Crippen molar-refractivity contribution in [2.75, 3.05) is 10.2 Å². The van der Waals surface area contributed by atoms with Crippen LogP contribution in [0.25, 0.3) is 11.3 Å². The Labute approximate surface area is 184 Å². The second kappa shape index (κ2) is 7.49. The van der Waals surface area contributed by atoms with E-state index in [-0.39, 0.29) is 11.8 Å². The van der Waals surface area contributed by atoms with E-state index in [1.807, 2.05) is 29.6 Å². The third-order valence-electron chi connectivity index (χ3n) is 5.46. The van der Waals surface area contributed by atoms with Crippen LogP contribution in [0.5, 0.6) is 0 Å². The summed E-state index contributed by atoms with van der Waals surface area (Å²) in [5.41, 5.74) is 6.50. The van der Waals surface area contributed by atoms with Gasteiger partial charge in [0.15, 0.2) is 5.13 Å². The van der Waals surface area contributed by atoms with Gasteiger partial charge in [0.25, 0.3) is 11.8 Å². The molecule has 0 aliphatic carbocycles. The monoisotopic (exact) mass is 425 g/mol. The highest BCUT2D eigenvalue weighted by atomic mass is 32.1. The van der Waals surface area contributed by atoms with Gasteiger partial charge in [0.1, 0.15) is 0 Å². The quantitative estimate of drug-likeness (QED) is 0.409. The Hall–Kier alpha value is -3.77. The lowest BCUT2D eigenvalue weighted by Gasteiger charge is -2.14. The first-order chi connectivity index (χ1) is 15.0. The summed E-state index contributed by atoms with van der Waals surface area (Å²) in [6.07, 6.45) is 0. The molecular weight excluding hydrogens is 406 g/mol. The van der Waals surface area contributed by atoms with E-state index < -0.39 is 0 Å². The molecule has 0 saturated heterocycles. The topological polar surface area (TPSA) is 62.3 Å². The number of anilines is 3. The van der Waals surface area contributed by atoms with Crippen LogP contribution < -0.4 is 10.2 Å². The summed E-state index contributed by atoms with van der Waals surface area (Å²) in [7, 11) is 0. The molecule has 0 spiro atoms. The molecule has 0 saturated carbocycles. The minimum atomic E-state index is -0.298. The van der Waals surface area contributed by atoms with Gasteiger partial charge in [0, 0.05) is 16.6 Å². The molecule has 4 aromatic rings. The van der Waals surface area contributed by atoms with Gasteiger partial charge >= 0.3 is 0 Å². The van der Waals surface area contributed by atoms with Crippen LogP contribution in [0.15, 0.2) is 72.1 Å². The summed E-state index contributed by atoms with van der Waals surface area (Å²) in [4.78, 5) is 31.5. The zero-order chi connectivity index (χ0) is 21.5. The van der Waals surface area contributed by atoms with Crippen molar-refractivity contribution >= 4 is 39.7 Å². The molecule has 1 aliphatic rings. The van der Waals surface area contributed by atoms with Gasteiger partial charge in [0.2, 0.25) is 0 Å². The molecule has 2 amide bonds. The molecule has 1 aromatic heterocycles. The van der Waals surface area contributed by atoms with Crippen LogP contribution in [0.1, 0.15) is 31.8 Å². The van der Waals surface area contributed by atoms with Crippen molar-refractivity contribution in [3.05, 3.63) is 94.4 Å². The minimum absolute atomic E-state index is 0.298. The number of benzene rings is 3. The number of aromatic nitrogens is 1. The zero-order valence-corrected chi connectivity index (χ0v) is 17.9. The van der Waals surface area contributed by atoms with Crippen LogP contribution in [-0.2, 0) is 0 Å². The van der Waals surface area contributed by atoms with E-state index in [1.54, 1.807) is 30.3 Å². The van der Waals surface area contributed by atoms with E-state index in [4.69, 9.17) is 4.98 Å². The maximum absolute atomic E-state index is 12.8. The Balaban J connectivity index is 1.42. The van der Waals surface area contributed by atoms with Gasteiger partial charge < -0.3 is 5.32 Å². The van der Waals surface area contributed by atoms with Crippen molar-refractivity contribution < 1.29 is 9.59 Å². The highest BCUT2D eigenvalue weighted by molar-refractivity contribution is 7.14. The lowest BCUT2D eigenvalue weighted by Crippen LogP contribution is -2.29. The third-order valence-corrected chi connectivity index (χ3v) is 6.21. The summed E-state index contributed by atoms with van der Waals surface area (Å²) in [6, 6.07) is 20.5. The molecule has 0 fully saturated rings. The van der Waals surface area contributed by atoms with Gasteiger partial charge in [-0.1, -0.05) is 30.3 Å². The second-order valence-corrected chi connectivity index (χ2v) is 8.36. The molecule has 1 aliphatic heterocycles. The van der Waals surface area contributed by atoms with E-state index in [0.717, 1.165) is 22.1 Å². The Bertz CT molecular complexity index is 1310. The number of rotatable bonds is 4. The Morgan fingerprint density at radius 2 is 1.58 bits per heavy atom. The molecule has 0 unspecified atom stereocenters. The Kier molecular flexibility index (Phi) is 4.64. The summed E-state index contributed by atoms with van der Waals surface area (Å²) in [5.74, 6) is -0.596. The smallest absolute Gasteiger partial charge is 0.266 e. The van der Waals surface area contributed by atoms with Gasteiger partial charge in [-0.15, -0.1) is 11.3 Å². The van der Waals surface area contributed by atoms with Gasteiger partial charge in [-0.3, -0.25) is 9.59 Å². The van der Waals surface area contributed by atoms with Crippen LogP contribution in [0.2, 0.25) is 0 Å². The van der Waals surface area contributed by atoms with Crippen LogP contribution >= 0.6 is 11.3 Å². The molecule has 3 aromatic carbocycles. The molecule has 0 radical (unpaired) electrons. The zero-order valence-electron chi connectivity index (χ0n) is 17.0. The Morgan fingerprint density at radius 1 is 0.839 bits per heavy atom. The molecule has 152 valence electrons. The average molecular weight is 426 g/mol. The summed E-state index contributed by atoms with van der Waals surface area (Å²) in [5, 5.41) is 6.09. The average Bonchev–Trinajstić information content (AvgIpc) is 3.34. The minimum Gasteiger partial charge on any atom is -0.332 e. The molecule has 6 heteroatoms. The van der Waals surface area contributed by atoms with Crippen molar-refractivity contribution in [2.24, 2.45) is 0 Å². The van der Waals surface area contributed by atoms with Gasteiger partial charge in [0.05, 0.1) is 22.5 Å². The largest absolute Gasteiger partial charge is 0.332 e. The van der Waals surface area contributed by atoms with Gasteiger partial charge in [-0.05, 0) is 61.4 Å². The number of nitrogens with zero attached hydrogens (tertiary/aromatic N) is 2. The molecule has 5 rings (SSSR count). The summed E-state index contributed by atoms with van der Waals surface area (Å²) in [6.45, 7) is 4.17. The van der Waals surface area contributed by atoms with E-state index in [9.17, 15) is 9.59 Å². The lowest BCUT2D eigenvalue weighted by atomic mass is 10.1. The molecule has 0 atom stereocenters.